The van der Waals surface area contributed by atoms with Gasteiger partial charge in [-0.15, -0.1) is 10.2 Å². The maximum atomic E-state index is 12.3. The molecule has 0 aliphatic heterocycles. The van der Waals surface area contributed by atoms with E-state index in [0.29, 0.717) is 22.4 Å². The van der Waals surface area contributed by atoms with Crippen LogP contribution in [0.2, 0.25) is 0 Å². The molecule has 3 rings (SSSR count). The molecule has 0 bridgehead atoms. The van der Waals surface area contributed by atoms with Crippen molar-refractivity contribution in [3.63, 3.8) is 0 Å². The number of hydrogen-bond donors (Lipinski definition) is 1. The summed E-state index contributed by atoms with van der Waals surface area (Å²) in [5, 5.41) is 10.8. The molecular formula is C18H16BrN3O3S. The third kappa shape index (κ3) is 4.44. The van der Waals surface area contributed by atoms with Crippen molar-refractivity contribution < 1.29 is 13.9 Å². The molecule has 1 aromatic heterocycles. The highest BCUT2D eigenvalue weighted by Gasteiger charge is 2.20. The number of thioether (sulfide) groups is 1. The van der Waals surface area contributed by atoms with Crippen LogP contribution in [0, 0.1) is 0 Å². The number of carbonyl (C=O) groups is 1. The molecule has 1 N–H and O–H groups in total. The fourth-order valence-corrected chi connectivity index (χ4v) is 3.12. The highest BCUT2D eigenvalue weighted by Crippen LogP contribution is 2.31. The van der Waals surface area contributed by atoms with Crippen LogP contribution < -0.4 is 10.1 Å². The molecule has 2 aromatic carbocycles. The van der Waals surface area contributed by atoms with E-state index < -0.39 is 5.25 Å². The largest absolute Gasteiger partial charge is 0.496 e. The molecule has 0 saturated carbocycles. The molecule has 26 heavy (non-hydrogen) atoms. The number of nitrogens with zero attached hydrogens (tertiary/aromatic N) is 2. The molecule has 8 heteroatoms. The molecule has 6 nitrogen and oxygen atoms in total. The standard InChI is InChI=1S/C18H16BrN3O3S/c1-11(16(23)20-13-9-7-12(19)8-10-13)26-18-22-21-17(25-18)14-5-3-4-6-15(14)24-2/h3-11H,1-2H3,(H,20,23). The maximum Gasteiger partial charge on any atom is 0.277 e. The summed E-state index contributed by atoms with van der Waals surface area (Å²) in [6, 6.07) is 14.8. The molecule has 1 unspecified atom stereocenters. The van der Waals surface area contributed by atoms with Crippen molar-refractivity contribution in [1.82, 2.24) is 10.2 Å². The second kappa shape index (κ2) is 8.37. The first-order valence-corrected chi connectivity index (χ1v) is 9.44. The van der Waals surface area contributed by atoms with E-state index in [4.69, 9.17) is 9.15 Å². The fraction of sp³-hybridized carbons (Fsp3) is 0.167. The minimum atomic E-state index is -0.399. The summed E-state index contributed by atoms with van der Waals surface area (Å²) >= 11 is 4.56. The summed E-state index contributed by atoms with van der Waals surface area (Å²) in [5.41, 5.74) is 1.44. The van der Waals surface area contributed by atoms with Crippen LogP contribution in [0.3, 0.4) is 0 Å². The van der Waals surface area contributed by atoms with Gasteiger partial charge in [0, 0.05) is 10.2 Å². The number of aromatic nitrogens is 2. The molecular weight excluding hydrogens is 418 g/mol. The van der Waals surface area contributed by atoms with Gasteiger partial charge in [-0.2, -0.15) is 0 Å². The van der Waals surface area contributed by atoms with E-state index in [0.717, 1.165) is 10.2 Å². The quantitative estimate of drug-likeness (QED) is 0.571. The van der Waals surface area contributed by atoms with Gasteiger partial charge in [0.15, 0.2) is 0 Å². The minimum absolute atomic E-state index is 0.144. The van der Waals surface area contributed by atoms with Crippen LogP contribution in [0.25, 0.3) is 11.5 Å². The molecule has 0 aliphatic carbocycles. The summed E-state index contributed by atoms with van der Waals surface area (Å²) in [6.45, 7) is 1.78. The van der Waals surface area contributed by atoms with Gasteiger partial charge in [0.2, 0.25) is 5.91 Å². The first kappa shape index (κ1) is 18.5. The highest BCUT2D eigenvalue weighted by molar-refractivity contribution is 9.10. The molecule has 1 atom stereocenters. The van der Waals surface area contributed by atoms with Gasteiger partial charge in [0.1, 0.15) is 5.75 Å². The van der Waals surface area contributed by atoms with Crippen molar-refractivity contribution >= 4 is 39.3 Å². The van der Waals surface area contributed by atoms with Crippen LogP contribution in [0.1, 0.15) is 6.92 Å². The van der Waals surface area contributed by atoms with Crippen molar-refractivity contribution in [2.75, 3.05) is 12.4 Å². The molecule has 134 valence electrons. The van der Waals surface area contributed by atoms with Crippen LogP contribution in [0.15, 0.2) is 62.6 Å². The van der Waals surface area contributed by atoms with Crippen molar-refractivity contribution in [2.45, 2.75) is 17.4 Å². The van der Waals surface area contributed by atoms with E-state index in [9.17, 15) is 4.79 Å². The van der Waals surface area contributed by atoms with Crippen LogP contribution >= 0.6 is 27.7 Å². The molecule has 1 amide bonds. The zero-order chi connectivity index (χ0) is 18.5. The van der Waals surface area contributed by atoms with Gasteiger partial charge in [-0.3, -0.25) is 4.79 Å². The Morgan fingerprint density at radius 1 is 1.19 bits per heavy atom. The van der Waals surface area contributed by atoms with Crippen molar-refractivity contribution in [3.05, 3.63) is 53.0 Å². The SMILES string of the molecule is COc1ccccc1-c1nnc(SC(C)C(=O)Nc2ccc(Br)cc2)o1. The maximum absolute atomic E-state index is 12.3. The van der Waals surface area contributed by atoms with Crippen LogP contribution in [0.5, 0.6) is 5.75 Å². The number of para-hydroxylation sites is 1. The zero-order valence-electron chi connectivity index (χ0n) is 14.1. The Morgan fingerprint density at radius 3 is 2.65 bits per heavy atom. The van der Waals surface area contributed by atoms with Gasteiger partial charge in [-0.05, 0) is 43.3 Å². The minimum Gasteiger partial charge on any atom is -0.496 e. The molecule has 3 aromatic rings. The predicted molar refractivity (Wildman–Crippen MR) is 104 cm³/mol. The van der Waals surface area contributed by atoms with Crippen LogP contribution in [-0.2, 0) is 4.79 Å². The number of amides is 1. The Hall–Kier alpha value is -2.32. The number of nitrogens with one attached hydrogen (secondary N) is 1. The highest BCUT2D eigenvalue weighted by atomic mass is 79.9. The summed E-state index contributed by atoms with van der Waals surface area (Å²) in [4.78, 5) is 12.3. The lowest BCUT2D eigenvalue weighted by molar-refractivity contribution is -0.115. The zero-order valence-corrected chi connectivity index (χ0v) is 16.5. The van der Waals surface area contributed by atoms with E-state index in [1.807, 2.05) is 48.5 Å². The molecule has 0 saturated heterocycles. The van der Waals surface area contributed by atoms with Gasteiger partial charge in [0.25, 0.3) is 11.1 Å². The predicted octanol–water partition coefficient (Wildman–Crippen LogP) is 4.63. The number of methoxy groups -OCH3 is 1. The average Bonchev–Trinajstić information content (AvgIpc) is 3.11. The monoisotopic (exact) mass is 433 g/mol. The van der Waals surface area contributed by atoms with E-state index in [1.165, 1.54) is 11.8 Å². The Bertz CT molecular complexity index is 899. The lowest BCUT2D eigenvalue weighted by Crippen LogP contribution is -2.22. The fourth-order valence-electron chi connectivity index (χ4n) is 2.17. The van der Waals surface area contributed by atoms with Crippen LogP contribution in [0.4, 0.5) is 5.69 Å². The van der Waals surface area contributed by atoms with Crippen molar-refractivity contribution in [3.8, 4) is 17.2 Å². The summed E-state index contributed by atoms with van der Waals surface area (Å²) in [6.07, 6.45) is 0. The number of rotatable bonds is 6. The molecule has 1 heterocycles. The van der Waals surface area contributed by atoms with Gasteiger partial charge in [-0.25, -0.2) is 0 Å². The van der Waals surface area contributed by atoms with Crippen molar-refractivity contribution in [1.29, 1.82) is 0 Å². The Morgan fingerprint density at radius 2 is 1.92 bits per heavy atom. The number of carbonyl (C=O) groups excluding carboxylic acids is 1. The number of anilines is 1. The van der Waals surface area contributed by atoms with Crippen molar-refractivity contribution in [2.24, 2.45) is 0 Å². The smallest absolute Gasteiger partial charge is 0.277 e. The Balaban J connectivity index is 1.66. The van der Waals surface area contributed by atoms with Crippen LogP contribution in [-0.4, -0.2) is 28.5 Å². The first-order valence-electron chi connectivity index (χ1n) is 7.77. The Kier molecular flexibility index (Phi) is 5.95. The molecule has 0 spiro atoms. The first-order chi connectivity index (χ1) is 12.6. The van der Waals surface area contributed by atoms with E-state index in [-0.39, 0.29) is 5.91 Å². The topological polar surface area (TPSA) is 77.2 Å². The number of hydrogen-bond acceptors (Lipinski definition) is 6. The lowest BCUT2D eigenvalue weighted by atomic mass is 10.2. The normalized spacial score (nSPS) is 11.8. The molecule has 0 fully saturated rings. The van der Waals surface area contributed by atoms with Gasteiger partial charge in [0.05, 0.1) is 17.9 Å². The van der Waals surface area contributed by atoms with E-state index >= 15 is 0 Å². The van der Waals surface area contributed by atoms with Gasteiger partial charge in [-0.1, -0.05) is 39.8 Å². The average molecular weight is 434 g/mol. The summed E-state index contributed by atoms with van der Waals surface area (Å²) in [5.74, 6) is 0.855. The van der Waals surface area contributed by atoms with Gasteiger partial charge < -0.3 is 14.5 Å². The number of halogens is 1. The number of ether oxygens (including phenoxy) is 1. The Labute approximate surface area is 163 Å². The summed E-state index contributed by atoms with van der Waals surface area (Å²) < 4.78 is 11.9. The lowest BCUT2D eigenvalue weighted by Gasteiger charge is -2.09. The third-order valence-electron chi connectivity index (χ3n) is 3.50. The van der Waals surface area contributed by atoms with E-state index in [1.54, 1.807) is 14.0 Å². The van der Waals surface area contributed by atoms with Gasteiger partial charge >= 0.3 is 0 Å². The second-order valence-corrected chi connectivity index (χ2v) is 7.54. The second-order valence-electron chi connectivity index (χ2n) is 5.33. The van der Waals surface area contributed by atoms with E-state index in [2.05, 4.69) is 31.4 Å². The summed E-state index contributed by atoms with van der Waals surface area (Å²) in [7, 11) is 1.58. The third-order valence-corrected chi connectivity index (χ3v) is 4.97. The molecule has 0 radical (unpaired) electrons. The number of benzene rings is 2. The molecule has 0 aliphatic rings.